The van der Waals surface area contributed by atoms with Crippen molar-refractivity contribution in [2.24, 2.45) is 10.2 Å². The normalized spacial score (nSPS) is 11.3. The molecule has 0 spiro atoms. The van der Waals surface area contributed by atoms with Gasteiger partial charge in [0.25, 0.3) is 0 Å². The van der Waals surface area contributed by atoms with Gasteiger partial charge in [-0.3, -0.25) is 4.98 Å². The fourth-order valence-corrected chi connectivity index (χ4v) is 3.11. The average molecular weight is 372 g/mol. The highest BCUT2D eigenvalue weighted by molar-refractivity contribution is 5.83. The molecule has 0 amide bonds. The summed E-state index contributed by atoms with van der Waals surface area (Å²) in [4.78, 5) is 4.64. The van der Waals surface area contributed by atoms with Gasteiger partial charge in [-0.15, -0.1) is 0 Å². The number of allylic oxidation sites excluding steroid dienone is 1. The molecule has 3 rings (SSSR count). The summed E-state index contributed by atoms with van der Waals surface area (Å²) >= 11 is 0. The number of pyridine rings is 1. The molecule has 0 unspecified atom stereocenters. The largest absolute Gasteiger partial charge is 0.260 e. The van der Waals surface area contributed by atoms with E-state index in [0.717, 1.165) is 33.6 Å². The van der Waals surface area contributed by atoms with E-state index in [-0.39, 0.29) is 0 Å². The van der Waals surface area contributed by atoms with Gasteiger partial charge in [-0.2, -0.15) is 10.2 Å². The first kappa shape index (κ1) is 21.2. The van der Waals surface area contributed by atoms with Gasteiger partial charge < -0.3 is 0 Å². The monoisotopic (exact) mass is 371 g/mol. The smallest absolute Gasteiger partial charge is 0.0881 e. The Balaban J connectivity index is 0.00000136. The molecule has 3 heteroatoms. The number of rotatable bonds is 4. The number of nitrogens with zero attached hydrogens (tertiary/aromatic N) is 3. The highest BCUT2D eigenvalue weighted by Crippen LogP contribution is 2.31. The summed E-state index contributed by atoms with van der Waals surface area (Å²) in [6.45, 7) is 10.2. The Hall–Kier alpha value is -3.07. The highest BCUT2D eigenvalue weighted by Gasteiger charge is 2.11. The molecule has 3 aromatic rings. The van der Waals surface area contributed by atoms with Gasteiger partial charge >= 0.3 is 0 Å². The predicted molar refractivity (Wildman–Crippen MR) is 120 cm³/mol. The Labute approximate surface area is 168 Å². The zero-order valence-electron chi connectivity index (χ0n) is 17.7. The maximum atomic E-state index is 4.64. The molecular formula is C25H29N3. The van der Waals surface area contributed by atoms with Crippen molar-refractivity contribution in [3.05, 3.63) is 89.3 Å². The summed E-state index contributed by atoms with van der Waals surface area (Å²) in [6.07, 6.45) is 4.09. The molecule has 144 valence electrons. The Morgan fingerprint density at radius 1 is 0.929 bits per heavy atom. The molecule has 0 N–H and O–H groups in total. The zero-order valence-corrected chi connectivity index (χ0v) is 17.7. The van der Waals surface area contributed by atoms with Gasteiger partial charge in [-0.05, 0) is 61.2 Å². The number of hydrogen-bond acceptors (Lipinski definition) is 3. The summed E-state index contributed by atoms with van der Waals surface area (Å²) in [7, 11) is 1.69. The quantitative estimate of drug-likeness (QED) is 0.436. The van der Waals surface area contributed by atoms with Crippen molar-refractivity contribution in [2.75, 3.05) is 7.05 Å². The van der Waals surface area contributed by atoms with Crippen molar-refractivity contribution < 1.29 is 0 Å². The molecule has 0 fully saturated rings. The van der Waals surface area contributed by atoms with Gasteiger partial charge in [0.15, 0.2) is 0 Å². The van der Waals surface area contributed by atoms with Crippen LogP contribution in [-0.4, -0.2) is 12.0 Å². The third kappa shape index (κ3) is 4.80. The Bertz CT molecular complexity index is 970. The van der Waals surface area contributed by atoms with Crippen LogP contribution in [0.5, 0.6) is 0 Å². The Kier molecular flexibility index (Phi) is 7.82. The van der Waals surface area contributed by atoms with Gasteiger partial charge in [0.05, 0.1) is 5.69 Å². The molecule has 0 radical (unpaired) electrons. The standard InChI is InChI=1S/C23H23N3.C2H6/c1-5-21(19-11-12-23(26-24-4)16(2)13-19)22-14-20(15-25-17(22)3)18-9-7-6-8-10-18;1-2/h5-15H,1-4H3;1-2H3/b21-5-,26-24?;. The van der Waals surface area contributed by atoms with Crippen molar-refractivity contribution in [2.45, 2.75) is 34.6 Å². The second kappa shape index (κ2) is 10.3. The zero-order chi connectivity index (χ0) is 20.5. The van der Waals surface area contributed by atoms with E-state index in [4.69, 9.17) is 0 Å². The Morgan fingerprint density at radius 2 is 1.64 bits per heavy atom. The summed E-state index contributed by atoms with van der Waals surface area (Å²) in [5.74, 6) is 0. The van der Waals surface area contributed by atoms with E-state index in [0.29, 0.717) is 0 Å². The molecule has 1 aromatic heterocycles. The maximum absolute atomic E-state index is 4.64. The van der Waals surface area contributed by atoms with Crippen LogP contribution in [0, 0.1) is 13.8 Å². The second-order valence-electron chi connectivity index (χ2n) is 6.23. The summed E-state index contributed by atoms with van der Waals surface area (Å²) in [5.41, 5.74) is 8.82. The summed E-state index contributed by atoms with van der Waals surface area (Å²) in [5, 5.41) is 8.05. The van der Waals surface area contributed by atoms with Gasteiger partial charge in [0.2, 0.25) is 0 Å². The minimum Gasteiger partial charge on any atom is -0.260 e. The molecular weight excluding hydrogens is 342 g/mol. The molecule has 0 aliphatic rings. The van der Waals surface area contributed by atoms with Gasteiger partial charge in [-0.1, -0.05) is 56.3 Å². The maximum Gasteiger partial charge on any atom is 0.0881 e. The number of azo groups is 1. The molecule has 3 nitrogen and oxygen atoms in total. The lowest BCUT2D eigenvalue weighted by Gasteiger charge is -2.14. The lowest BCUT2D eigenvalue weighted by atomic mass is 9.93. The lowest BCUT2D eigenvalue weighted by molar-refractivity contribution is 1.15. The third-order valence-electron chi connectivity index (χ3n) is 4.49. The van der Waals surface area contributed by atoms with Crippen molar-refractivity contribution in [1.29, 1.82) is 0 Å². The van der Waals surface area contributed by atoms with Crippen LogP contribution in [0.4, 0.5) is 5.69 Å². The molecule has 28 heavy (non-hydrogen) atoms. The number of aromatic nitrogens is 1. The third-order valence-corrected chi connectivity index (χ3v) is 4.49. The second-order valence-corrected chi connectivity index (χ2v) is 6.23. The summed E-state index contributed by atoms with van der Waals surface area (Å²) in [6, 6.07) is 18.9. The van der Waals surface area contributed by atoms with E-state index in [1.54, 1.807) is 7.05 Å². The molecule has 0 aliphatic heterocycles. The predicted octanol–water partition coefficient (Wildman–Crippen LogP) is 7.56. The van der Waals surface area contributed by atoms with E-state index in [9.17, 15) is 0 Å². The molecule has 0 saturated heterocycles. The lowest BCUT2D eigenvalue weighted by Crippen LogP contribution is -1.96. The van der Waals surface area contributed by atoms with Gasteiger partial charge in [0, 0.05) is 30.1 Å². The average Bonchev–Trinajstić information content (AvgIpc) is 2.74. The van der Waals surface area contributed by atoms with Crippen LogP contribution < -0.4 is 0 Å². The molecule has 0 bridgehead atoms. The van der Waals surface area contributed by atoms with E-state index in [2.05, 4.69) is 84.5 Å². The molecule has 0 saturated carbocycles. The fourth-order valence-electron chi connectivity index (χ4n) is 3.11. The van der Waals surface area contributed by atoms with Crippen LogP contribution in [0.1, 0.15) is 43.2 Å². The van der Waals surface area contributed by atoms with E-state index in [1.807, 2.05) is 32.2 Å². The number of aryl methyl sites for hydroxylation is 2. The molecule has 2 aromatic carbocycles. The van der Waals surface area contributed by atoms with Gasteiger partial charge in [0.1, 0.15) is 0 Å². The van der Waals surface area contributed by atoms with Crippen molar-refractivity contribution in [3.63, 3.8) is 0 Å². The van der Waals surface area contributed by atoms with E-state index >= 15 is 0 Å². The first-order chi connectivity index (χ1) is 13.6. The van der Waals surface area contributed by atoms with E-state index < -0.39 is 0 Å². The number of benzene rings is 2. The van der Waals surface area contributed by atoms with Gasteiger partial charge in [-0.25, -0.2) is 0 Å². The first-order valence-corrected chi connectivity index (χ1v) is 9.73. The van der Waals surface area contributed by atoms with Crippen LogP contribution in [0.3, 0.4) is 0 Å². The molecule has 0 aliphatic carbocycles. The topological polar surface area (TPSA) is 37.6 Å². The molecule has 1 heterocycles. The van der Waals surface area contributed by atoms with Crippen LogP contribution in [-0.2, 0) is 0 Å². The van der Waals surface area contributed by atoms with Crippen LogP contribution in [0.25, 0.3) is 16.7 Å². The number of hydrogen-bond donors (Lipinski definition) is 0. The van der Waals surface area contributed by atoms with Crippen molar-refractivity contribution in [1.82, 2.24) is 4.98 Å². The highest BCUT2D eigenvalue weighted by atomic mass is 15.1. The minimum absolute atomic E-state index is 0.902. The van der Waals surface area contributed by atoms with Crippen molar-refractivity contribution >= 4 is 11.3 Å². The minimum atomic E-state index is 0.902. The SMILES string of the molecule is C/C=C(/c1ccc(N=NC)c(C)c1)c1cc(-c2ccccc2)cnc1C.CC. The van der Waals surface area contributed by atoms with Crippen molar-refractivity contribution in [3.8, 4) is 11.1 Å². The van der Waals surface area contributed by atoms with Crippen LogP contribution >= 0.6 is 0 Å². The Morgan fingerprint density at radius 3 is 2.25 bits per heavy atom. The molecule has 0 atom stereocenters. The van der Waals surface area contributed by atoms with Crippen LogP contribution in [0.15, 0.2) is 77.1 Å². The van der Waals surface area contributed by atoms with Crippen LogP contribution in [0.2, 0.25) is 0 Å². The van der Waals surface area contributed by atoms with E-state index in [1.165, 1.54) is 11.1 Å². The fraction of sp³-hybridized carbons (Fsp3) is 0.240. The first-order valence-electron chi connectivity index (χ1n) is 9.73. The summed E-state index contributed by atoms with van der Waals surface area (Å²) < 4.78 is 0.